The predicted molar refractivity (Wildman–Crippen MR) is 65.9 cm³/mol. The Morgan fingerprint density at radius 3 is 2.74 bits per heavy atom. The number of piperazine rings is 1. The Morgan fingerprint density at radius 2 is 2.05 bits per heavy atom. The molecule has 0 saturated carbocycles. The molecule has 0 aliphatic carbocycles. The van der Waals surface area contributed by atoms with Gasteiger partial charge in [-0.3, -0.25) is 4.79 Å². The van der Waals surface area contributed by atoms with Gasteiger partial charge in [0.05, 0.1) is 0 Å². The van der Waals surface area contributed by atoms with E-state index >= 15 is 0 Å². The smallest absolute Gasteiger partial charge is 0.263 e. The van der Waals surface area contributed by atoms with Gasteiger partial charge in [-0.15, -0.1) is 0 Å². The number of hydrogen-bond donors (Lipinski definition) is 1. The van der Waals surface area contributed by atoms with Crippen LogP contribution in [0.4, 0.5) is 8.78 Å². The molecule has 1 unspecified atom stereocenters. The monoisotopic (exact) mass is 270 g/mol. The summed E-state index contributed by atoms with van der Waals surface area (Å²) in [4.78, 5) is 13.7. The fourth-order valence-corrected chi connectivity index (χ4v) is 1.96. The molecule has 0 bridgehead atoms. The fraction of sp³-hybridized carbons (Fsp3) is 0.462. The van der Waals surface area contributed by atoms with Crippen molar-refractivity contribution in [3.05, 3.63) is 29.8 Å². The minimum atomic E-state index is -1.07. The minimum absolute atomic E-state index is 0.217. The van der Waals surface area contributed by atoms with Gasteiger partial charge in [0.2, 0.25) is 5.82 Å². The third-order valence-electron chi connectivity index (χ3n) is 3.00. The highest BCUT2D eigenvalue weighted by atomic mass is 19.2. The van der Waals surface area contributed by atoms with Crippen molar-refractivity contribution in [1.82, 2.24) is 10.2 Å². The number of halogens is 2. The number of carbonyl (C=O) groups excluding carboxylic acids is 1. The average molecular weight is 270 g/mol. The van der Waals surface area contributed by atoms with Crippen LogP contribution in [0.2, 0.25) is 0 Å². The molecule has 1 atom stereocenters. The predicted octanol–water partition coefficient (Wildman–Crippen LogP) is 1.16. The first-order valence-corrected chi connectivity index (χ1v) is 6.20. The molecule has 1 aromatic rings. The van der Waals surface area contributed by atoms with Gasteiger partial charge in [0.15, 0.2) is 17.7 Å². The first kappa shape index (κ1) is 13.7. The van der Waals surface area contributed by atoms with Gasteiger partial charge < -0.3 is 15.0 Å². The maximum atomic E-state index is 13.4. The number of rotatable bonds is 3. The lowest BCUT2D eigenvalue weighted by molar-refractivity contribution is -0.138. The van der Waals surface area contributed by atoms with E-state index in [0.717, 1.165) is 19.2 Å². The van der Waals surface area contributed by atoms with Gasteiger partial charge in [-0.2, -0.15) is 4.39 Å². The first-order valence-electron chi connectivity index (χ1n) is 6.20. The summed E-state index contributed by atoms with van der Waals surface area (Å²) in [7, 11) is 0. The van der Waals surface area contributed by atoms with Crippen LogP contribution >= 0.6 is 0 Å². The van der Waals surface area contributed by atoms with Gasteiger partial charge >= 0.3 is 0 Å². The van der Waals surface area contributed by atoms with Gasteiger partial charge in [0.25, 0.3) is 5.91 Å². The third-order valence-corrected chi connectivity index (χ3v) is 3.00. The van der Waals surface area contributed by atoms with Crippen LogP contribution in [0.1, 0.15) is 6.92 Å². The number of carbonyl (C=O) groups is 1. The second-order valence-electron chi connectivity index (χ2n) is 4.39. The second kappa shape index (κ2) is 5.97. The summed E-state index contributed by atoms with van der Waals surface area (Å²) in [6.07, 6.45) is -0.839. The number of hydrogen-bond acceptors (Lipinski definition) is 3. The second-order valence-corrected chi connectivity index (χ2v) is 4.39. The Hall–Kier alpha value is -1.69. The van der Waals surface area contributed by atoms with Crippen LogP contribution in [0.15, 0.2) is 18.2 Å². The maximum Gasteiger partial charge on any atom is 0.263 e. The summed E-state index contributed by atoms with van der Waals surface area (Å²) in [5.41, 5.74) is 0. The van der Waals surface area contributed by atoms with Crippen molar-refractivity contribution in [3.8, 4) is 5.75 Å². The molecular weight excluding hydrogens is 254 g/mol. The zero-order chi connectivity index (χ0) is 13.8. The van der Waals surface area contributed by atoms with Crippen LogP contribution in [0.3, 0.4) is 0 Å². The SMILES string of the molecule is CC(Oc1cccc(F)c1F)C(=O)N1CCNCC1. The molecule has 0 aromatic heterocycles. The normalized spacial score (nSPS) is 17.1. The van der Waals surface area contributed by atoms with Crippen molar-refractivity contribution in [2.45, 2.75) is 13.0 Å². The Balaban J connectivity index is 2.01. The van der Waals surface area contributed by atoms with E-state index in [1.807, 2.05) is 0 Å². The summed E-state index contributed by atoms with van der Waals surface area (Å²) in [6.45, 7) is 4.19. The zero-order valence-corrected chi connectivity index (χ0v) is 10.7. The molecule has 1 aliphatic heterocycles. The van der Waals surface area contributed by atoms with E-state index in [-0.39, 0.29) is 11.7 Å². The standard InChI is InChI=1S/C13H16F2N2O2/c1-9(13(18)17-7-5-16-6-8-17)19-11-4-2-3-10(14)12(11)15/h2-4,9,16H,5-8H2,1H3. The van der Waals surface area contributed by atoms with Crippen LogP contribution in [-0.4, -0.2) is 43.1 Å². The van der Waals surface area contributed by atoms with Crippen molar-refractivity contribution < 1.29 is 18.3 Å². The first-order chi connectivity index (χ1) is 9.09. The largest absolute Gasteiger partial charge is 0.478 e. The highest BCUT2D eigenvalue weighted by Crippen LogP contribution is 2.20. The van der Waals surface area contributed by atoms with Crippen molar-refractivity contribution in [3.63, 3.8) is 0 Å². The van der Waals surface area contributed by atoms with E-state index < -0.39 is 17.7 Å². The summed E-state index contributed by atoms with van der Waals surface area (Å²) in [5, 5.41) is 3.13. The molecule has 1 N–H and O–H groups in total. The Kier molecular flexibility index (Phi) is 4.31. The van der Waals surface area contributed by atoms with E-state index in [1.54, 1.807) is 4.90 Å². The lowest BCUT2D eigenvalue weighted by atomic mass is 10.2. The summed E-state index contributed by atoms with van der Waals surface area (Å²) < 4.78 is 31.7. The molecule has 4 nitrogen and oxygen atoms in total. The number of nitrogens with zero attached hydrogens (tertiary/aromatic N) is 1. The topological polar surface area (TPSA) is 41.6 Å². The van der Waals surface area contributed by atoms with Crippen LogP contribution in [0.5, 0.6) is 5.75 Å². The van der Waals surface area contributed by atoms with Gasteiger partial charge in [0.1, 0.15) is 0 Å². The lowest BCUT2D eigenvalue weighted by Crippen LogP contribution is -2.50. The summed E-state index contributed by atoms with van der Waals surface area (Å²) >= 11 is 0. The quantitative estimate of drug-likeness (QED) is 0.896. The number of ether oxygens (including phenoxy) is 1. The van der Waals surface area contributed by atoms with E-state index in [4.69, 9.17) is 4.74 Å². The van der Waals surface area contributed by atoms with Gasteiger partial charge in [-0.25, -0.2) is 4.39 Å². The third kappa shape index (κ3) is 3.20. The van der Waals surface area contributed by atoms with E-state index in [0.29, 0.717) is 13.1 Å². The zero-order valence-electron chi connectivity index (χ0n) is 10.7. The fourth-order valence-electron chi connectivity index (χ4n) is 1.96. The molecule has 0 spiro atoms. The summed E-state index contributed by atoms with van der Waals surface area (Å²) in [5.74, 6) is -2.51. The van der Waals surface area contributed by atoms with Crippen LogP contribution in [-0.2, 0) is 4.79 Å². The molecule has 1 fully saturated rings. The molecule has 1 aromatic carbocycles. The van der Waals surface area contributed by atoms with Crippen LogP contribution in [0.25, 0.3) is 0 Å². The molecule has 19 heavy (non-hydrogen) atoms. The van der Waals surface area contributed by atoms with E-state index in [9.17, 15) is 13.6 Å². The van der Waals surface area contributed by atoms with Gasteiger partial charge in [-0.05, 0) is 19.1 Å². The molecule has 1 heterocycles. The van der Waals surface area contributed by atoms with Gasteiger partial charge in [-0.1, -0.05) is 6.07 Å². The van der Waals surface area contributed by atoms with Crippen molar-refractivity contribution in [1.29, 1.82) is 0 Å². The van der Waals surface area contributed by atoms with Gasteiger partial charge in [0, 0.05) is 26.2 Å². The molecular formula is C13H16F2N2O2. The Bertz CT molecular complexity index is 462. The van der Waals surface area contributed by atoms with E-state index in [1.165, 1.54) is 19.1 Å². The number of nitrogens with one attached hydrogen (secondary N) is 1. The highest BCUT2D eigenvalue weighted by Gasteiger charge is 2.24. The summed E-state index contributed by atoms with van der Waals surface area (Å²) in [6, 6.07) is 3.65. The maximum absolute atomic E-state index is 13.4. The molecule has 2 rings (SSSR count). The van der Waals surface area contributed by atoms with Crippen LogP contribution in [0, 0.1) is 11.6 Å². The minimum Gasteiger partial charge on any atom is -0.478 e. The Labute approximate surface area is 110 Å². The lowest BCUT2D eigenvalue weighted by Gasteiger charge is -2.29. The molecule has 0 radical (unpaired) electrons. The van der Waals surface area contributed by atoms with Crippen molar-refractivity contribution in [2.75, 3.05) is 26.2 Å². The molecule has 1 saturated heterocycles. The van der Waals surface area contributed by atoms with Crippen LogP contribution < -0.4 is 10.1 Å². The number of amides is 1. The number of benzene rings is 1. The highest BCUT2D eigenvalue weighted by molar-refractivity contribution is 5.81. The molecule has 1 amide bonds. The van der Waals surface area contributed by atoms with E-state index in [2.05, 4.69) is 5.32 Å². The molecule has 6 heteroatoms. The molecule has 1 aliphatic rings. The van der Waals surface area contributed by atoms with Crippen molar-refractivity contribution in [2.24, 2.45) is 0 Å². The van der Waals surface area contributed by atoms with Crippen molar-refractivity contribution >= 4 is 5.91 Å². The Morgan fingerprint density at radius 1 is 1.37 bits per heavy atom. The average Bonchev–Trinajstić information content (AvgIpc) is 2.44. The molecule has 104 valence electrons.